The maximum atomic E-state index is 12.1. The number of para-hydroxylation sites is 1. The molecule has 1 saturated heterocycles. The van der Waals surface area contributed by atoms with E-state index < -0.39 is 15.7 Å². The number of carbonyl (C=O) groups is 2. The second-order valence-corrected chi connectivity index (χ2v) is 8.03. The third kappa shape index (κ3) is 4.24. The molecule has 0 radical (unpaired) electrons. The molecule has 8 nitrogen and oxygen atoms in total. The van der Waals surface area contributed by atoms with E-state index in [2.05, 4.69) is 10.4 Å². The molecule has 2 aromatic rings. The number of nitrogens with zero attached hydrogens (tertiary/aromatic N) is 3. The van der Waals surface area contributed by atoms with Crippen molar-refractivity contribution in [1.29, 1.82) is 0 Å². The van der Waals surface area contributed by atoms with Gasteiger partial charge in [-0.1, -0.05) is 18.2 Å². The lowest BCUT2D eigenvalue weighted by Gasteiger charge is -2.26. The first kappa shape index (κ1) is 17.2. The van der Waals surface area contributed by atoms with Gasteiger partial charge in [-0.3, -0.25) is 9.59 Å². The lowest BCUT2D eigenvalue weighted by atomic mass is 10.3. The van der Waals surface area contributed by atoms with Gasteiger partial charge in [0, 0.05) is 19.3 Å². The van der Waals surface area contributed by atoms with E-state index in [-0.39, 0.29) is 37.0 Å². The SMILES string of the molecule is O=C(NCC(=O)N1CCS(=O)(=O)CC1)c1cnn(-c2ccccc2)c1. The Kier molecular flexibility index (Phi) is 4.84. The minimum Gasteiger partial charge on any atom is -0.343 e. The fourth-order valence-corrected chi connectivity index (χ4v) is 3.69. The number of rotatable bonds is 4. The van der Waals surface area contributed by atoms with Crippen LogP contribution in [-0.2, 0) is 14.6 Å². The number of benzene rings is 1. The molecule has 1 aliphatic rings. The zero-order chi connectivity index (χ0) is 17.9. The first-order chi connectivity index (χ1) is 11.9. The molecule has 0 atom stereocenters. The van der Waals surface area contributed by atoms with E-state index in [9.17, 15) is 18.0 Å². The van der Waals surface area contributed by atoms with Crippen molar-refractivity contribution in [2.45, 2.75) is 0 Å². The average Bonchev–Trinajstić information content (AvgIpc) is 3.10. The van der Waals surface area contributed by atoms with Crippen LogP contribution in [0, 0.1) is 0 Å². The lowest BCUT2D eigenvalue weighted by molar-refractivity contribution is -0.129. The molecule has 0 aliphatic carbocycles. The molecule has 132 valence electrons. The summed E-state index contributed by atoms with van der Waals surface area (Å²) in [5.74, 6) is -0.758. The quantitative estimate of drug-likeness (QED) is 0.816. The highest BCUT2D eigenvalue weighted by Crippen LogP contribution is 2.08. The molecule has 2 heterocycles. The molecule has 1 aliphatic heterocycles. The van der Waals surface area contributed by atoms with Gasteiger partial charge < -0.3 is 10.2 Å². The maximum absolute atomic E-state index is 12.1. The van der Waals surface area contributed by atoms with Gasteiger partial charge >= 0.3 is 0 Å². The van der Waals surface area contributed by atoms with Crippen LogP contribution < -0.4 is 5.32 Å². The summed E-state index contributed by atoms with van der Waals surface area (Å²) in [4.78, 5) is 25.7. The summed E-state index contributed by atoms with van der Waals surface area (Å²) in [6.07, 6.45) is 3.02. The van der Waals surface area contributed by atoms with Crippen LogP contribution in [0.25, 0.3) is 5.69 Å². The van der Waals surface area contributed by atoms with Gasteiger partial charge in [0.15, 0.2) is 9.84 Å². The smallest absolute Gasteiger partial charge is 0.254 e. The molecule has 1 fully saturated rings. The predicted molar refractivity (Wildman–Crippen MR) is 91.1 cm³/mol. The summed E-state index contributed by atoms with van der Waals surface area (Å²) in [6, 6.07) is 9.35. The molecule has 2 amide bonds. The van der Waals surface area contributed by atoms with Crippen molar-refractivity contribution in [3.8, 4) is 5.69 Å². The van der Waals surface area contributed by atoms with Gasteiger partial charge in [-0.25, -0.2) is 13.1 Å². The molecule has 0 spiro atoms. The van der Waals surface area contributed by atoms with E-state index in [0.29, 0.717) is 5.56 Å². The lowest BCUT2D eigenvalue weighted by Crippen LogP contribution is -2.47. The second-order valence-electron chi connectivity index (χ2n) is 5.72. The van der Waals surface area contributed by atoms with E-state index in [1.165, 1.54) is 11.1 Å². The van der Waals surface area contributed by atoms with Crippen molar-refractivity contribution >= 4 is 21.7 Å². The fraction of sp³-hybridized carbons (Fsp3) is 0.312. The van der Waals surface area contributed by atoms with E-state index >= 15 is 0 Å². The van der Waals surface area contributed by atoms with Gasteiger partial charge in [-0.15, -0.1) is 0 Å². The summed E-state index contributed by atoms with van der Waals surface area (Å²) < 4.78 is 24.3. The van der Waals surface area contributed by atoms with Crippen LogP contribution in [0.5, 0.6) is 0 Å². The largest absolute Gasteiger partial charge is 0.343 e. The van der Waals surface area contributed by atoms with Gasteiger partial charge in [0.1, 0.15) is 0 Å². The van der Waals surface area contributed by atoms with Crippen LogP contribution in [0.3, 0.4) is 0 Å². The number of aromatic nitrogens is 2. The van der Waals surface area contributed by atoms with E-state index in [4.69, 9.17) is 0 Å². The number of sulfone groups is 1. The maximum Gasteiger partial charge on any atom is 0.254 e. The fourth-order valence-electron chi connectivity index (χ4n) is 2.49. The molecule has 1 aromatic heterocycles. The molecule has 25 heavy (non-hydrogen) atoms. The first-order valence-corrected chi connectivity index (χ1v) is 9.63. The number of hydrogen-bond acceptors (Lipinski definition) is 5. The Morgan fingerprint density at radius 2 is 1.80 bits per heavy atom. The van der Waals surface area contributed by atoms with Crippen LogP contribution in [0.1, 0.15) is 10.4 Å². The van der Waals surface area contributed by atoms with Crippen molar-refractivity contribution in [3.63, 3.8) is 0 Å². The van der Waals surface area contributed by atoms with Gasteiger partial charge in [0.25, 0.3) is 5.91 Å². The minimum atomic E-state index is -3.04. The van der Waals surface area contributed by atoms with Crippen LogP contribution in [-0.4, -0.2) is 66.1 Å². The predicted octanol–water partition coefficient (Wildman–Crippen LogP) is -0.141. The minimum absolute atomic E-state index is 0.0312. The molecule has 0 unspecified atom stereocenters. The van der Waals surface area contributed by atoms with Crippen LogP contribution in [0.15, 0.2) is 42.7 Å². The standard InChI is InChI=1S/C16H18N4O4S/c21-15(19-6-8-25(23,24)9-7-19)11-17-16(22)13-10-18-20(12-13)14-4-2-1-3-5-14/h1-5,10,12H,6-9,11H2,(H,17,22). The van der Waals surface area contributed by atoms with Gasteiger partial charge in [-0.05, 0) is 12.1 Å². The van der Waals surface area contributed by atoms with Gasteiger partial charge in [-0.2, -0.15) is 5.10 Å². The third-order valence-corrected chi connectivity index (χ3v) is 5.57. The second kappa shape index (κ2) is 7.06. The third-order valence-electron chi connectivity index (χ3n) is 3.96. The molecule has 1 N–H and O–H groups in total. The molecule has 9 heteroatoms. The highest BCUT2D eigenvalue weighted by atomic mass is 32.2. The molecular formula is C16H18N4O4S. The average molecular weight is 362 g/mol. The number of amides is 2. The summed E-state index contributed by atoms with van der Waals surface area (Å²) in [5.41, 5.74) is 1.17. The Morgan fingerprint density at radius 1 is 1.12 bits per heavy atom. The Bertz CT molecular complexity index is 863. The van der Waals surface area contributed by atoms with Crippen LogP contribution in [0.4, 0.5) is 0 Å². The van der Waals surface area contributed by atoms with E-state index in [1.807, 2.05) is 30.3 Å². The van der Waals surface area contributed by atoms with Crippen molar-refractivity contribution in [2.75, 3.05) is 31.1 Å². The zero-order valence-corrected chi connectivity index (χ0v) is 14.3. The Morgan fingerprint density at radius 3 is 2.48 bits per heavy atom. The topological polar surface area (TPSA) is 101 Å². The number of nitrogens with one attached hydrogen (secondary N) is 1. The molecule has 0 saturated carbocycles. The summed E-state index contributed by atoms with van der Waals surface area (Å²) in [5, 5.41) is 6.68. The van der Waals surface area contributed by atoms with Crippen molar-refractivity contribution in [3.05, 3.63) is 48.3 Å². The van der Waals surface area contributed by atoms with Crippen molar-refractivity contribution < 1.29 is 18.0 Å². The Hall–Kier alpha value is -2.68. The summed E-state index contributed by atoms with van der Waals surface area (Å²) in [6.45, 7) is 0.168. The van der Waals surface area contributed by atoms with E-state index in [0.717, 1.165) is 5.69 Å². The highest BCUT2D eigenvalue weighted by molar-refractivity contribution is 7.91. The number of carbonyl (C=O) groups excluding carboxylic acids is 2. The van der Waals surface area contributed by atoms with Gasteiger partial charge in [0.05, 0.1) is 35.5 Å². The summed E-state index contributed by atoms with van der Waals surface area (Å²) >= 11 is 0. The monoisotopic (exact) mass is 362 g/mol. The molecule has 3 rings (SSSR count). The zero-order valence-electron chi connectivity index (χ0n) is 13.5. The molecule has 0 bridgehead atoms. The summed E-state index contributed by atoms with van der Waals surface area (Å²) in [7, 11) is -3.04. The molecule has 1 aromatic carbocycles. The normalized spacial score (nSPS) is 16.4. The Labute approximate surface area is 145 Å². The van der Waals surface area contributed by atoms with Gasteiger partial charge in [0.2, 0.25) is 5.91 Å². The van der Waals surface area contributed by atoms with Crippen LogP contribution in [0.2, 0.25) is 0 Å². The Balaban J connectivity index is 1.55. The van der Waals surface area contributed by atoms with E-state index in [1.54, 1.807) is 10.9 Å². The highest BCUT2D eigenvalue weighted by Gasteiger charge is 2.25. The first-order valence-electron chi connectivity index (χ1n) is 7.81. The van der Waals surface area contributed by atoms with Crippen molar-refractivity contribution in [2.24, 2.45) is 0 Å². The van der Waals surface area contributed by atoms with Crippen molar-refractivity contribution in [1.82, 2.24) is 20.0 Å². The molecular weight excluding hydrogens is 344 g/mol. The number of hydrogen-bond donors (Lipinski definition) is 1. The van der Waals surface area contributed by atoms with Crippen LogP contribution >= 0.6 is 0 Å².